The van der Waals surface area contributed by atoms with Gasteiger partial charge in [0.1, 0.15) is 5.75 Å². The van der Waals surface area contributed by atoms with E-state index in [1.54, 1.807) is 13.0 Å². The van der Waals surface area contributed by atoms with Crippen LogP contribution in [0.4, 0.5) is 5.69 Å². The van der Waals surface area contributed by atoms with Crippen molar-refractivity contribution in [3.05, 3.63) is 59.7 Å². The number of fused-ring (bicyclic) bond motifs is 1. The third-order valence-corrected chi connectivity index (χ3v) is 4.23. The van der Waals surface area contributed by atoms with Crippen LogP contribution in [0.15, 0.2) is 48.5 Å². The van der Waals surface area contributed by atoms with Crippen molar-refractivity contribution >= 4 is 17.4 Å². The standard InChI is InChI=1S/C20H21NO3/c1-15(22)16-9-10-19-17(14-16)11-12-21(19)20(23)8-5-13-24-18-6-3-2-4-7-18/h2-4,6-7,9-10,14H,5,8,11-13H2,1H3. The number of hydrogen-bond acceptors (Lipinski definition) is 3. The number of Topliss-reactive ketones (excluding diaryl/α,β-unsaturated/α-hetero) is 1. The summed E-state index contributed by atoms with van der Waals surface area (Å²) in [6.07, 6.45) is 1.95. The fourth-order valence-corrected chi connectivity index (χ4v) is 2.94. The Bertz CT molecular complexity index is 740. The van der Waals surface area contributed by atoms with Crippen molar-refractivity contribution in [2.45, 2.75) is 26.2 Å². The molecule has 1 amide bonds. The number of anilines is 1. The minimum absolute atomic E-state index is 0.0561. The molecule has 1 aliphatic rings. The number of carbonyl (C=O) groups is 2. The molecule has 0 N–H and O–H groups in total. The van der Waals surface area contributed by atoms with Crippen LogP contribution in [0.5, 0.6) is 5.75 Å². The Hall–Kier alpha value is -2.62. The zero-order valence-electron chi connectivity index (χ0n) is 13.8. The minimum atomic E-state index is 0.0561. The molecule has 0 spiro atoms. The van der Waals surface area contributed by atoms with Crippen LogP contribution in [0.3, 0.4) is 0 Å². The van der Waals surface area contributed by atoms with Crippen molar-refractivity contribution < 1.29 is 14.3 Å². The summed E-state index contributed by atoms with van der Waals surface area (Å²) >= 11 is 0. The fourth-order valence-electron chi connectivity index (χ4n) is 2.94. The number of rotatable bonds is 6. The van der Waals surface area contributed by atoms with Gasteiger partial charge < -0.3 is 9.64 Å². The van der Waals surface area contributed by atoms with Crippen LogP contribution in [-0.2, 0) is 11.2 Å². The molecule has 0 bridgehead atoms. The lowest BCUT2D eigenvalue weighted by Crippen LogP contribution is -2.28. The third kappa shape index (κ3) is 3.65. The summed E-state index contributed by atoms with van der Waals surface area (Å²) in [6.45, 7) is 2.78. The molecule has 0 unspecified atom stereocenters. The number of ketones is 1. The Balaban J connectivity index is 1.53. The van der Waals surface area contributed by atoms with Crippen molar-refractivity contribution in [3.8, 4) is 5.75 Å². The first-order valence-electron chi connectivity index (χ1n) is 8.27. The van der Waals surface area contributed by atoms with Crippen molar-refractivity contribution in [2.75, 3.05) is 18.1 Å². The Kier molecular flexibility index (Phi) is 4.94. The van der Waals surface area contributed by atoms with Crippen LogP contribution in [0, 0.1) is 0 Å². The molecule has 1 aliphatic heterocycles. The van der Waals surface area contributed by atoms with E-state index in [0.717, 1.165) is 23.4 Å². The summed E-state index contributed by atoms with van der Waals surface area (Å²) in [4.78, 5) is 25.7. The number of carbonyl (C=O) groups excluding carboxylic acids is 2. The quantitative estimate of drug-likeness (QED) is 0.602. The molecule has 24 heavy (non-hydrogen) atoms. The summed E-state index contributed by atoms with van der Waals surface area (Å²) in [6, 6.07) is 15.2. The maximum atomic E-state index is 12.4. The fraction of sp³-hybridized carbons (Fsp3) is 0.300. The number of para-hydroxylation sites is 1. The van der Waals surface area contributed by atoms with Crippen molar-refractivity contribution in [1.29, 1.82) is 0 Å². The first-order chi connectivity index (χ1) is 11.6. The molecule has 3 rings (SSSR count). The molecular formula is C20H21NO3. The van der Waals surface area contributed by atoms with E-state index in [1.807, 2.05) is 47.4 Å². The number of benzene rings is 2. The predicted molar refractivity (Wildman–Crippen MR) is 93.7 cm³/mol. The summed E-state index contributed by atoms with van der Waals surface area (Å²) in [5.41, 5.74) is 2.73. The summed E-state index contributed by atoms with van der Waals surface area (Å²) in [7, 11) is 0. The van der Waals surface area contributed by atoms with E-state index < -0.39 is 0 Å². The van der Waals surface area contributed by atoms with Gasteiger partial charge in [-0.2, -0.15) is 0 Å². The highest BCUT2D eigenvalue weighted by atomic mass is 16.5. The lowest BCUT2D eigenvalue weighted by molar-refractivity contribution is -0.118. The topological polar surface area (TPSA) is 46.6 Å². The second-order valence-corrected chi connectivity index (χ2v) is 5.96. The molecule has 0 radical (unpaired) electrons. The minimum Gasteiger partial charge on any atom is -0.494 e. The maximum Gasteiger partial charge on any atom is 0.227 e. The molecule has 2 aromatic rings. The summed E-state index contributed by atoms with van der Waals surface area (Å²) in [5, 5.41) is 0. The molecule has 1 heterocycles. The van der Waals surface area contributed by atoms with E-state index in [1.165, 1.54) is 0 Å². The van der Waals surface area contributed by atoms with E-state index in [2.05, 4.69) is 0 Å². The molecule has 0 aliphatic carbocycles. The van der Waals surface area contributed by atoms with Gasteiger partial charge in [0.25, 0.3) is 0 Å². The molecule has 124 valence electrons. The molecule has 4 heteroatoms. The van der Waals surface area contributed by atoms with E-state index in [4.69, 9.17) is 4.74 Å². The van der Waals surface area contributed by atoms with Gasteiger partial charge in [0.2, 0.25) is 5.91 Å². The second-order valence-electron chi connectivity index (χ2n) is 5.96. The zero-order valence-corrected chi connectivity index (χ0v) is 13.8. The number of amides is 1. The van der Waals surface area contributed by atoms with Crippen molar-refractivity contribution in [3.63, 3.8) is 0 Å². The Morgan fingerprint density at radius 1 is 1.12 bits per heavy atom. The van der Waals surface area contributed by atoms with Gasteiger partial charge in [-0.15, -0.1) is 0 Å². The van der Waals surface area contributed by atoms with Gasteiger partial charge >= 0.3 is 0 Å². The lowest BCUT2D eigenvalue weighted by Gasteiger charge is -2.17. The Morgan fingerprint density at radius 3 is 2.67 bits per heavy atom. The van der Waals surface area contributed by atoms with Crippen molar-refractivity contribution in [2.24, 2.45) is 0 Å². The molecular weight excluding hydrogens is 302 g/mol. The van der Waals surface area contributed by atoms with E-state index in [0.29, 0.717) is 31.6 Å². The highest BCUT2D eigenvalue weighted by molar-refractivity contribution is 5.98. The Morgan fingerprint density at radius 2 is 1.92 bits per heavy atom. The summed E-state index contributed by atoms with van der Waals surface area (Å²) < 4.78 is 5.62. The molecule has 0 atom stereocenters. The molecule has 0 fully saturated rings. The smallest absolute Gasteiger partial charge is 0.227 e. The average Bonchev–Trinajstić information content (AvgIpc) is 3.02. The van der Waals surface area contributed by atoms with Crippen LogP contribution >= 0.6 is 0 Å². The highest BCUT2D eigenvalue weighted by Gasteiger charge is 2.24. The maximum absolute atomic E-state index is 12.4. The van der Waals surface area contributed by atoms with Gasteiger partial charge in [-0.05, 0) is 55.7 Å². The van der Waals surface area contributed by atoms with Gasteiger partial charge in [0, 0.05) is 24.2 Å². The van der Waals surface area contributed by atoms with Gasteiger partial charge in [-0.3, -0.25) is 9.59 Å². The van der Waals surface area contributed by atoms with Gasteiger partial charge in [0.05, 0.1) is 6.61 Å². The number of ether oxygens (including phenoxy) is 1. The van der Waals surface area contributed by atoms with Crippen LogP contribution < -0.4 is 9.64 Å². The first kappa shape index (κ1) is 16.2. The molecule has 4 nitrogen and oxygen atoms in total. The molecule has 2 aromatic carbocycles. The lowest BCUT2D eigenvalue weighted by atomic mass is 10.1. The molecule has 0 saturated carbocycles. The molecule has 0 aromatic heterocycles. The zero-order chi connectivity index (χ0) is 16.9. The average molecular weight is 323 g/mol. The van der Waals surface area contributed by atoms with Gasteiger partial charge in [0.15, 0.2) is 5.78 Å². The van der Waals surface area contributed by atoms with Crippen molar-refractivity contribution in [1.82, 2.24) is 0 Å². The third-order valence-electron chi connectivity index (χ3n) is 4.23. The Labute approximate surface area is 142 Å². The van der Waals surface area contributed by atoms with Crippen LogP contribution in [0.25, 0.3) is 0 Å². The van der Waals surface area contributed by atoms with Crippen LogP contribution in [-0.4, -0.2) is 24.8 Å². The second kappa shape index (κ2) is 7.30. The first-order valence-corrected chi connectivity index (χ1v) is 8.27. The van der Waals surface area contributed by atoms with E-state index in [9.17, 15) is 9.59 Å². The summed E-state index contributed by atoms with van der Waals surface area (Å²) in [5.74, 6) is 0.995. The predicted octanol–water partition coefficient (Wildman–Crippen LogP) is 3.64. The van der Waals surface area contributed by atoms with Gasteiger partial charge in [-0.25, -0.2) is 0 Å². The normalized spacial score (nSPS) is 12.8. The number of hydrogen-bond donors (Lipinski definition) is 0. The molecule has 0 saturated heterocycles. The van der Waals surface area contributed by atoms with Crippen LogP contribution in [0.2, 0.25) is 0 Å². The monoisotopic (exact) mass is 323 g/mol. The largest absolute Gasteiger partial charge is 0.494 e. The van der Waals surface area contributed by atoms with Gasteiger partial charge in [-0.1, -0.05) is 18.2 Å². The number of nitrogens with zero attached hydrogens (tertiary/aromatic N) is 1. The van der Waals surface area contributed by atoms with E-state index >= 15 is 0 Å². The van der Waals surface area contributed by atoms with E-state index in [-0.39, 0.29) is 11.7 Å². The SMILES string of the molecule is CC(=O)c1ccc2c(c1)CCN2C(=O)CCCOc1ccccc1. The van der Waals surface area contributed by atoms with Crippen LogP contribution in [0.1, 0.15) is 35.7 Å². The highest BCUT2D eigenvalue weighted by Crippen LogP contribution is 2.29.